The minimum absolute atomic E-state index is 0.192. The second-order valence-electron chi connectivity index (χ2n) is 5.13. The van der Waals surface area contributed by atoms with Crippen LogP contribution in [0.2, 0.25) is 0 Å². The molecular weight excluding hydrogens is 290 g/mol. The molecule has 2 rings (SSSR count). The van der Waals surface area contributed by atoms with Crippen LogP contribution in [0.15, 0.2) is 42.5 Å². The summed E-state index contributed by atoms with van der Waals surface area (Å²) >= 11 is 0. The number of rotatable bonds is 6. The molecule has 0 unspecified atom stereocenters. The SMILES string of the molecule is CCN(CC)c1ccc(N)cc1NC(=O)c1cccc(OC)c1. The Morgan fingerprint density at radius 2 is 1.91 bits per heavy atom. The first-order chi connectivity index (χ1) is 11.1. The van der Waals surface area contributed by atoms with Crippen molar-refractivity contribution in [3.8, 4) is 5.75 Å². The third kappa shape index (κ3) is 3.94. The Morgan fingerprint density at radius 1 is 1.17 bits per heavy atom. The summed E-state index contributed by atoms with van der Waals surface area (Å²) in [5.41, 5.74) is 8.70. The molecule has 1 amide bonds. The van der Waals surface area contributed by atoms with Gasteiger partial charge in [0.15, 0.2) is 0 Å². The van der Waals surface area contributed by atoms with E-state index in [1.165, 1.54) is 0 Å². The second kappa shape index (κ2) is 7.54. The van der Waals surface area contributed by atoms with Crippen molar-refractivity contribution in [2.24, 2.45) is 0 Å². The van der Waals surface area contributed by atoms with E-state index in [2.05, 4.69) is 24.1 Å². The van der Waals surface area contributed by atoms with Crippen LogP contribution in [0.1, 0.15) is 24.2 Å². The summed E-state index contributed by atoms with van der Waals surface area (Å²) in [6, 6.07) is 12.6. The normalized spacial score (nSPS) is 10.2. The Bertz CT molecular complexity index is 682. The number of ether oxygens (including phenoxy) is 1. The Balaban J connectivity index is 2.31. The molecule has 0 aliphatic carbocycles. The number of nitrogens with two attached hydrogens (primary N) is 1. The fourth-order valence-corrected chi connectivity index (χ4v) is 2.45. The van der Waals surface area contributed by atoms with Crippen molar-refractivity contribution in [1.82, 2.24) is 0 Å². The van der Waals surface area contributed by atoms with E-state index in [9.17, 15) is 4.79 Å². The molecule has 0 spiro atoms. The number of benzene rings is 2. The molecule has 0 bridgehead atoms. The smallest absolute Gasteiger partial charge is 0.255 e. The molecule has 0 heterocycles. The van der Waals surface area contributed by atoms with Gasteiger partial charge in [-0.15, -0.1) is 0 Å². The summed E-state index contributed by atoms with van der Waals surface area (Å²) in [6.45, 7) is 5.85. The van der Waals surface area contributed by atoms with Gasteiger partial charge in [-0.3, -0.25) is 4.79 Å². The van der Waals surface area contributed by atoms with Crippen LogP contribution in [0.4, 0.5) is 17.1 Å². The predicted octanol–water partition coefficient (Wildman–Crippen LogP) is 3.38. The maximum atomic E-state index is 12.5. The van der Waals surface area contributed by atoms with E-state index >= 15 is 0 Å². The summed E-state index contributed by atoms with van der Waals surface area (Å²) in [6.07, 6.45) is 0. The highest BCUT2D eigenvalue weighted by molar-refractivity contribution is 6.06. The van der Waals surface area contributed by atoms with Gasteiger partial charge >= 0.3 is 0 Å². The van der Waals surface area contributed by atoms with Gasteiger partial charge in [-0.05, 0) is 50.2 Å². The molecule has 5 nitrogen and oxygen atoms in total. The van der Waals surface area contributed by atoms with Crippen LogP contribution in [-0.2, 0) is 0 Å². The molecule has 0 saturated heterocycles. The highest BCUT2D eigenvalue weighted by Crippen LogP contribution is 2.29. The van der Waals surface area contributed by atoms with Gasteiger partial charge in [0, 0.05) is 24.3 Å². The molecule has 0 radical (unpaired) electrons. The number of carbonyl (C=O) groups is 1. The van der Waals surface area contributed by atoms with Crippen LogP contribution in [0.3, 0.4) is 0 Å². The monoisotopic (exact) mass is 313 g/mol. The van der Waals surface area contributed by atoms with E-state index in [4.69, 9.17) is 10.5 Å². The largest absolute Gasteiger partial charge is 0.497 e. The first-order valence-electron chi connectivity index (χ1n) is 7.68. The van der Waals surface area contributed by atoms with Crippen molar-refractivity contribution >= 4 is 23.0 Å². The van der Waals surface area contributed by atoms with Gasteiger partial charge in [0.1, 0.15) is 5.75 Å². The number of hydrogen-bond acceptors (Lipinski definition) is 4. The van der Waals surface area contributed by atoms with Crippen molar-refractivity contribution in [2.45, 2.75) is 13.8 Å². The molecule has 0 fully saturated rings. The van der Waals surface area contributed by atoms with E-state index in [1.807, 2.05) is 12.1 Å². The van der Waals surface area contributed by atoms with Crippen molar-refractivity contribution in [2.75, 3.05) is 36.1 Å². The van der Waals surface area contributed by atoms with E-state index < -0.39 is 0 Å². The van der Waals surface area contributed by atoms with Gasteiger partial charge in [0.2, 0.25) is 0 Å². The number of nitrogens with zero attached hydrogens (tertiary/aromatic N) is 1. The average Bonchev–Trinajstić information content (AvgIpc) is 2.57. The van der Waals surface area contributed by atoms with Crippen LogP contribution in [0.25, 0.3) is 0 Å². The molecule has 0 saturated carbocycles. The first kappa shape index (κ1) is 16.7. The van der Waals surface area contributed by atoms with Gasteiger partial charge in [-0.1, -0.05) is 6.07 Å². The van der Waals surface area contributed by atoms with Gasteiger partial charge in [-0.25, -0.2) is 0 Å². The number of nitrogens with one attached hydrogen (secondary N) is 1. The molecule has 5 heteroatoms. The Hall–Kier alpha value is -2.69. The van der Waals surface area contributed by atoms with Crippen molar-refractivity contribution in [3.63, 3.8) is 0 Å². The molecule has 0 aliphatic heterocycles. The van der Waals surface area contributed by atoms with Crippen molar-refractivity contribution in [3.05, 3.63) is 48.0 Å². The summed E-state index contributed by atoms with van der Waals surface area (Å²) in [5.74, 6) is 0.456. The zero-order chi connectivity index (χ0) is 16.8. The molecule has 2 aromatic carbocycles. The van der Waals surface area contributed by atoms with Crippen LogP contribution in [0.5, 0.6) is 5.75 Å². The minimum Gasteiger partial charge on any atom is -0.497 e. The topological polar surface area (TPSA) is 67.6 Å². The highest BCUT2D eigenvalue weighted by atomic mass is 16.5. The van der Waals surface area contributed by atoms with Gasteiger partial charge in [0.05, 0.1) is 18.5 Å². The third-order valence-electron chi connectivity index (χ3n) is 3.70. The van der Waals surface area contributed by atoms with E-state index in [0.29, 0.717) is 22.7 Å². The van der Waals surface area contributed by atoms with Gasteiger partial charge in [0.25, 0.3) is 5.91 Å². The van der Waals surface area contributed by atoms with Crippen molar-refractivity contribution < 1.29 is 9.53 Å². The number of carbonyl (C=O) groups excluding carboxylic acids is 1. The molecule has 23 heavy (non-hydrogen) atoms. The lowest BCUT2D eigenvalue weighted by molar-refractivity contribution is 0.102. The highest BCUT2D eigenvalue weighted by Gasteiger charge is 2.13. The lowest BCUT2D eigenvalue weighted by Crippen LogP contribution is -2.24. The van der Waals surface area contributed by atoms with Crippen LogP contribution < -0.4 is 20.7 Å². The van der Waals surface area contributed by atoms with E-state index in [0.717, 1.165) is 18.8 Å². The number of nitrogen functional groups attached to an aromatic ring is 1. The molecule has 0 aromatic heterocycles. The Morgan fingerprint density at radius 3 is 2.57 bits per heavy atom. The quantitative estimate of drug-likeness (QED) is 0.802. The summed E-state index contributed by atoms with van der Waals surface area (Å²) < 4.78 is 5.16. The predicted molar refractivity (Wildman–Crippen MR) is 95.4 cm³/mol. The Labute approximate surface area is 137 Å². The molecule has 3 N–H and O–H groups in total. The second-order valence-corrected chi connectivity index (χ2v) is 5.13. The lowest BCUT2D eigenvalue weighted by atomic mass is 10.1. The number of hydrogen-bond donors (Lipinski definition) is 2. The zero-order valence-corrected chi connectivity index (χ0v) is 13.8. The van der Waals surface area contributed by atoms with Crippen molar-refractivity contribution in [1.29, 1.82) is 0 Å². The van der Waals surface area contributed by atoms with Gasteiger partial charge in [-0.2, -0.15) is 0 Å². The molecule has 2 aromatic rings. The van der Waals surface area contributed by atoms with E-state index in [-0.39, 0.29) is 5.91 Å². The van der Waals surface area contributed by atoms with Crippen LogP contribution in [-0.4, -0.2) is 26.1 Å². The fraction of sp³-hybridized carbons (Fsp3) is 0.278. The molecule has 0 aliphatic rings. The summed E-state index contributed by atoms with van der Waals surface area (Å²) in [5, 5.41) is 2.95. The van der Waals surface area contributed by atoms with Gasteiger partial charge < -0.3 is 20.7 Å². The van der Waals surface area contributed by atoms with Crippen LogP contribution >= 0.6 is 0 Å². The fourth-order valence-electron chi connectivity index (χ4n) is 2.45. The number of anilines is 3. The number of methoxy groups -OCH3 is 1. The average molecular weight is 313 g/mol. The zero-order valence-electron chi connectivity index (χ0n) is 13.8. The summed E-state index contributed by atoms with van der Waals surface area (Å²) in [4.78, 5) is 14.7. The Kier molecular flexibility index (Phi) is 5.46. The third-order valence-corrected chi connectivity index (χ3v) is 3.70. The molecular formula is C18H23N3O2. The summed E-state index contributed by atoms with van der Waals surface area (Å²) in [7, 11) is 1.58. The maximum Gasteiger partial charge on any atom is 0.255 e. The standard InChI is InChI=1S/C18H23N3O2/c1-4-21(5-2)17-10-9-14(19)12-16(17)20-18(22)13-7-6-8-15(11-13)23-3/h6-12H,4-5,19H2,1-3H3,(H,20,22). The molecule has 0 atom stereocenters. The minimum atomic E-state index is -0.192. The van der Waals surface area contributed by atoms with Crippen LogP contribution in [0, 0.1) is 0 Å². The van der Waals surface area contributed by atoms with E-state index in [1.54, 1.807) is 37.4 Å². The maximum absolute atomic E-state index is 12.5. The first-order valence-corrected chi connectivity index (χ1v) is 7.68. The number of amides is 1. The lowest BCUT2D eigenvalue weighted by Gasteiger charge is -2.24. The molecule has 122 valence electrons.